The predicted molar refractivity (Wildman–Crippen MR) is 29.7 cm³/mol. The largest absolute Gasteiger partial charge is 0.490 e. The Kier molecular flexibility index (Phi) is 5.18. The summed E-state index contributed by atoms with van der Waals surface area (Å²) in [6, 6.07) is 0. The van der Waals surface area contributed by atoms with E-state index in [9.17, 15) is 0 Å². The number of allylic oxidation sites excluding steroid dienone is 1. The fourth-order valence-corrected chi connectivity index (χ4v) is 0.244. The summed E-state index contributed by atoms with van der Waals surface area (Å²) in [7, 11) is 0. The molecule has 0 saturated carbocycles. The van der Waals surface area contributed by atoms with Gasteiger partial charge in [-0.3, -0.25) is 0 Å². The molecule has 0 N–H and O–H groups in total. The summed E-state index contributed by atoms with van der Waals surface area (Å²) in [4.78, 5) is 0. The van der Waals surface area contributed by atoms with E-state index in [1.54, 1.807) is 6.08 Å². The van der Waals surface area contributed by atoms with Crippen LogP contribution in [0.5, 0.6) is 0 Å². The Labute approximate surface area is 45.0 Å². The van der Waals surface area contributed by atoms with E-state index in [1.165, 1.54) is 0 Å². The van der Waals surface area contributed by atoms with Crippen molar-refractivity contribution in [3.05, 3.63) is 12.3 Å². The maximum Gasteiger partial charge on any atom is 0.156 e. The zero-order valence-corrected chi connectivity index (χ0v) is 4.90. The Balaban J connectivity index is 2.69. The van der Waals surface area contributed by atoms with Crippen molar-refractivity contribution in [2.75, 3.05) is 6.61 Å². The first kappa shape index (κ1) is 6.54. The third kappa shape index (κ3) is 5.54. The lowest BCUT2D eigenvalue weighted by molar-refractivity contribution is 0.228. The van der Waals surface area contributed by atoms with E-state index >= 15 is 0 Å². The van der Waals surface area contributed by atoms with Crippen LogP contribution >= 0.6 is 0 Å². The average molecular weight is 99.2 g/mol. The molecule has 0 aliphatic carbocycles. The first-order valence-corrected chi connectivity index (χ1v) is 2.57. The highest BCUT2D eigenvalue weighted by Gasteiger charge is 1.71. The van der Waals surface area contributed by atoms with E-state index in [1.807, 2.05) is 6.92 Å². The molecule has 0 aromatic heterocycles. The molecule has 0 amide bonds. The Morgan fingerprint density at radius 2 is 2.43 bits per heavy atom. The molecule has 0 fully saturated rings. The summed E-state index contributed by atoms with van der Waals surface area (Å²) in [5.74, 6) is 0. The number of rotatable bonds is 3. The summed E-state index contributed by atoms with van der Waals surface area (Å²) in [6.45, 7) is 4.73. The van der Waals surface area contributed by atoms with Crippen molar-refractivity contribution in [3.8, 4) is 0 Å². The Hall–Kier alpha value is -0.460. The van der Waals surface area contributed by atoms with E-state index < -0.39 is 0 Å². The second kappa shape index (κ2) is 5.54. The monoisotopic (exact) mass is 99.1 g/mol. The molecule has 0 aliphatic heterocycles. The van der Waals surface area contributed by atoms with E-state index in [0.29, 0.717) is 0 Å². The molecule has 0 saturated heterocycles. The van der Waals surface area contributed by atoms with Gasteiger partial charge in [0, 0.05) is 0 Å². The maximum atomic E-state index is 4.83. The minimum Gasteiger partial charge on any atom is -0.490 e. The lowest BCUT2D eigenvalue weighted by Crippen LogP contribution is -1.81. The van der Waals surface area contributed by atoms with Gasteiger partial charge >= 0.3 is 0 Å². The van der Waals surface area contributed by atoms with Gasteiger partial charge in [-0.2, -0.15) is 0 Å². The van der Waals surface area contributed by atoms with Gasteiger partial charge in [-0.05, 0) is 19.4 Å². The third-order valence-corrected chi connectivity index (χ3v) is 0.507. The van der Waals surface area contributed by atoms with Crippen LogP contribution in [0.4, 0.5) is 0 Å². The summed E-state index contributed by atoms with van der Waals surface area (Å²) in [5, 5.41) is 0. The molecule has 0 atom stereocenters. The van der Waals surface area contributed by atoms with Gasteiger partial charge in [-0.1, -0.05) is 6.92 Å². The topological polar surface area (TPSA) is 9.23 Å². The molecule has 0 aromatic rings. The molecular formula is C6H11O. The summed E-state index contributed by atoms with van der Waals surface area (Å²) >= 11 is 0. The summed E-state index contributed by atoms with van der Waals surface area (Å²) < 4.78 is 4.83. The lowest BCUT2D eigenvalue weighted by Gasteiger charge is -1.90. The van der Waals surface area contributed by atoms with Gasteiger partial charge in [0.15, 0.2) is 6.26 Å². The zero-order chi connectivity index (χ0) is 5.54. The van der Waals surface area contributed by atoms with E-state index in [-0.39, 0.29) is 0 Å². The highest BCUT2D eigenvalue weighted by molar-refractivity contribution is 4.55. The first-order valence-electron chi connectivity index (χ1n) is 2.57. The van der Waals surface area contributed by atoms with Crippen molar-refractivity contribution >= 4 is 0 Å². The van der Waals surface area contributed by atoms with Crippen molar-refractivity contribution in [2.24, 2.45) is 0 Å². The van der Waals surface area contributed by atoms with Crippen LogP contribution in [-0.4, -0.2) is 6.61 Å². The van der Waals surface area contributed by atoms with Crippen LogP contribution in [0.2, 0.25) is 0 Å². The minimum atomic E-state index is 0.782. The highest BCUT2D eigenvalue weighted by atomic mass is 16.5. The predicted octanol–water partition coefficient (Wildman–Crippen LogP) is 1.75. The molecular weight excluding hydrogens is 88.1 g/mol. The molecule has 0 heterocycles. The van der Waals surface area contributed by atoms with Crippen LogP contribution in [0.25, 0.3) is 0 Å². The van der Waals surface area contributed by atoms with Crippen molar-refractivity contribution in [3.63, 3.8) is 0 Å². The number of hydrogen-bond donors (Lipinski definition) is 0. The Bertz CT molecular complexity index is 48.1. The molecule has 1 heteroatoms. The molecule has 0 unspecified atom stereocenters. The smallest absolute Gasteiger partial charge is 0.156 e. The molecule has 41 valence electrons. The SMILES string of the molecule is C/C=[C]\OCCC. The van der Waals surface area contributed by atoms with E-state index in [0.717, 1.165) is 13.0 Å². The van der Waals surface area contributed by atoms with Gasteiger partial charge in [0.1, 0.15) is 0 Å². The fraction of sp³-hybridized carbons (Fsp3) is 0.667. The number of ether oxygens (including phenoxy) is 1. The van der Waals surface area contributed by atoms with Crippen LogP contribution in [0.1, 0.15) is 20.3 Å². The van der Waals surface area contributed by atoms with Gasteiger partial charge < -0.3 is 4.74 Å². The second-order valence-corrected chi connectivity index (χ2v) is 1.25. The van der Waals surface area contributed by atoms with Gasteiger partial charge in [0.25, 0.3) is 0 Å². The lowest BCUT2D eigenvalue weighted by atomic mass is 10.5. The quantitative estimate of drug-likeness (QED) is 0.387. The normalized spacial score (nSPS) is 10.0. The van der Waals surface area contributed by atoms with Crippen molar-refractivity contribution in [1.82, 2.24) is 0 Å². The van der Waals surface area contributed by atoms with Crippen LogP contribution in [-0.2, 0) is 4.74 Å². The molecule has 1 radical (unpaired) electrons. The molecule has 7 heavy (non-hydrogen) atoms. The van der Waals surface area contributed by atoms with Crippen LogP contribution < -0.4 is 0 Å². The van der Waals surface area contributed by atoms with Crippen LogP contribution in [0, 0.1) is 6.26 Å². The second-order valence-electron chi connectivity index (χ2n) is 1.25. The van der Waals surface area contributed by atoms with Crippen molar-refractivity contribution < 1.29 is 4.74 Å². The average Bonchev–Trinajstić information content (AvgIpc) is 1.69. The standard InChI is InChI=1S/C6H11O/c1-3-5-7-6-4-2/h3H,4,6H2,1-2H3. The minimum absolute atomic E-state index is 0.782. The van der Waals surface area contributed by atoms with E-state index in [2.05, 4.69) is 13.2 Å². The van der Waals surface area contributed by atoms with E-state index in [4.69, 9.17) is 4.74 Å². The molecule has 0 aromatic carbocycles. The highest BCUT2D eigenvalue weighted by Crippen LogP contribution is 1.78. The summed E-state index contributed by atoms with van der Waals surface area (Å²) in [5.41, 5.74) is 0. The van der Waals surface area contributed by atoms with Crippen molar-refractivity contribution in [1.29, 1.82) is 0 Å². The molecule has 0 bridgehead atoms. The van der Waals surface area contributed by atoms with Crippen LogP contribution in [0.3, 0.4) is 0 Å². The van der Waals surface area contributed by atoms with Gasteiger partial charge in [-0.25, -0.2) is 0 Å². The molecule has 1 nitrogen and oxygen atoms in total. The Morgan fingerprint density at radius 1 is 1.71 bits per heavy atom. The van der Waals surface area contributed by atoms with Crippen molar-refractivity contribution in [2.45, 2.75) is 20.3 Å². The molecule has 0 aliphatic rings. The maximum absolute atomic E-state index is 4.83. The van der Waals surface area contributed by atoms with Gasteiger partial charge in [0.2, 0.25) is 0 Å². The Morgan fingerprint density at radius 3 is 2.86 bits per heavy atom. The van der Waals surface area contributed by atoms with Gasteiger partial charge in [-0.15, -0.1) is 0 Å². The first-order chi connectivity index (χ1) is 3.41. The van der Waals surface area contributed by atoms with Gasteiger partial charge in [0.05, 0.1) is 6.61 Å². The summed E-state index contributed by atoms with van der Waals surface area (Å²) in [6.07, 6.45) is 5.44. The molecule has 0 spiro atoms. The number of hydrogen-bond acceptors (Lipinski definition) is 1. The zero-order valence-electron chi connectivity index (χ0n) is 4.90. The fourth-order valence-electron chi connectivity index (χ4n) is 0.244. The van der Waals surface area contributed by atoms with Crippen LogP contribution in [0.15, 0.2) is 6.08 Å². The third-order valence-electron chi connectivity index (χ3n) is 0.507. The molecule has 0 rings (SSSR count).